The molecule has 1 N–H and O–H groups in total. The summed E-state index contributed by atoms with van der Waals surface area (Å²) >= 11 is 0. The summed E-state index contributed by atoms with van der Waals surface area (Å²) in [6, 6.07) is 6.83. The van der Waals surface area contributed by atoms with Gasteiger partial charge in [-0.2, -0.15) is 0 Å². The first-order chi connectivity index (χ1) is 8.66. The molecule has 5 nitrogen and oxygen atoms in total. The van der Waals surface area contributed by atoms with Crippen molar-refractivity contribution in [3.63, 3.8) is 0 Å². The highest BCUT2D eigenvalue weighted by atomic mass is 16.6. The Morgan fingerprint density at radius 3 is 2.72 bits per heavy atom. The fourth-order valence-corrected chi connectivity index (χ4v) is 2.30. The minimum Gasteiger partial charge on any atom is -0.379 e. The van der Waals surface area contributed by atoms with Gasteiger partial charge in [-0.15, -0.1) is 0 Å². The number of anilines is 1. The number of hydrogen-bond donors (Lipinski definition) is 1. The van der Waals surface area contributed by atoms with Crippen molar-refractivity contribution in [3.8, 4) is 0 Å². The Morgan fingerprint density at radius 2 is 2.06 bits per heavy atom. The third-order valence-electron chi connectivity index (χ3n) is 3.52. The Labute approximate surface area is 107 Å². The van der Waals surface area contributed by atoms with Crippen LogP contribution in [-0.2, 0) is 0 Å². The van der Waals surface area contributed by atoms with Gasteiger partial charge in [-0.25, -0.2) is 0 Å². The quantitative estimate of drug-likeness (QED) is 0.657. The van der Waals surface area contributed by atoms with E-state index in [1.54, 1.807) is 12.1 Å². The van der Waals surface area contributed by atoms with Crippen molar-refractivity contribution in [3.05, 3.63) is 34.4 Å². The van der Waals surface area contributed by atoms with E-state index in [-0.39, 0.29) is 10.6 Å². The molecule has 5 heteroatoms. The monoisotopic (exact) mass is 249 g/mol. The van der Waals surface area contributed by atoms with E-state index < -0.39 is 0 Å². The van der Waals surface area contributed by atoms with E-state index in [0.717, 1.165) is 32.5 Å². The van der Waals surface area contributed by atoms with Crippen LogP contribution in [0.3, 0.4) is 0 Å². The Balaban J connectivity index is 1.92. The summed E-state index contributed by atoms with van der Waals surface area (Å²) in [6.07, 6.45) is 2.31. The zero-order valence-electron chi connectivity index (χ0n) is 10.6. The highest BCUT2D eigenvalue weighted by molar-refractivity contribution is 5.61. The van der Waals surface area contributed by atoms with E-state index in [4.69, 9.17) is 0 Å². The van der Waals surface area contributed by atoms with Crippen LogP contribution >= 0.6 is 0 Å². The van der Waals surface area contributed by atoms with Crippen LogP contribution in [0.2, 0.25) is 0 Å². The standard InChI is InChI=1S/C13H19N3O2/c1-15-8-6-11(7-9-15)10-14-12-4-2-3-5-13(12)16(17)18/h2-5,11,14H,6-10H2,1H3. The van der Waals surface area contributed by atoms with Gasteiger partial charge in [-0.1, -0.05) is 12.1 Å². The second kappa shape index (κ2) is 5.82. The molecule has 2 rings (SSSR count). The van der Waals surface area contributed by atoms with Crippen LogP contribution in [0.25, 0.3) is 0 Å². The summed E-state index contributed by atoms with van der Waals surface area (Å²) in [4.78, 5) is 12.9. The zero-order chi connectivity index (χ0) is 13.0. The number of para-hydroxylation sites is 2. The van der Waals surface area contributed by atoms with Crippen LogP contribution in [0.5, 0.6) is 0 Å². The maximum atomic E-state index is 10.9. The molecule has 1 aromatic carbocycles. The van der Waals surface area contributed by atoms with E-state index in [1.165, 1.54) is 6.07 Å². The van der Waals surface area contributed by atoms with Crippen molar-refractivity contribution in [1.29, 1.82) is 0 Å². The number of likely N-dealkylation sites (tertiary alicyclic amines) is 1. The predicted molar refractivity (Wildman–Crippen MR) is 71.8 cm³/mol. The van der Waals surface area contributed by atoms with E-state index in [1.807, 2.05) is 6.07 Å². The number of nitro benzene ring substituents is 1. The number of benzene rings is 1. The largest absolute Gasteiger partial charge is 0.379 e. The third kappa shape index (κ3) is 3.20. The highest BCUT2D eigenvalue weighted by Crippen LogP contribution is 2.24. The van der Waals surface area contributed by atoms with Gasteiger partial charge >= 0.3 is 0 Å². The summed E-state index contributed by atoms with van der Waals surface area (Å²) in [5, 5.41) is 14.1. The molecule has 0 aromatic heterocycles. The molecule has 0 bridgehead atoms. The zero-order valence-corrected chi connectivity index (χ0v) is 10.6. The summed E-state index contributed by atoms with van der Waals surface area (Å²) in [5.74, 6) is 0.612. The van der Waals surface area contributed by atoms with Crippen molar-refractivity contribution < 1.29 is 4.92 Å². The molecule has 0 saturated carbocycles. The lowest BCUT2D eigenvalue weighted by Gasteiger charge is -2.29. The van der Waals surface area contributed by atoms with Crippen LogP contribution in [0.1, 0.15) is 12.8 Å². The van der Waals surface area contributed by atoms with Crippen LogP contribution in [0.15, 0.2) is 24.3 Å². The second-order valence-electron chi connectivity index (χ2n) is 4.90. The Bertz CT molecular complexity index is 414. The number of nitrogens with one attached hydrogen (secondary N) is 1. The average molecular weight is 249 g/mol. The lowest BCUT2D eigenvalue weighted by atomic mass is 9.97. The summed E-state index contributed by atoms with van der Waals surface area (Å²) in [5.41, 5.74) is 0.784. The fourth-order valence-electron chi connectivity index (χ4n) is 2.30. The van der Waals surface area contributed by atoms with Gasteiger partial charge in [0.05, 0.1) is 4.92 Å². The number of hydrogen-bond acceptors (Lipinski definition) is 4. The van der Waals surface area contributed by atoms with Gasteiger partial charge in [0.15, 0.2) is 0 Å². The molecule has 1 heterocycles. The van der Waals surface area contributed by atoms with Crippen molar-refractivity contribution in [2.75, 3.05) is 32.0 Å². The topological polar surface area (TPSA) is 58.4 Å². The minimum atomic E-state index is -0.336. The first-order valence-electron chi connectivity index (χ1n) is 6.32. The fraction of sp³-hybridized carbons (Fsp3) is 0.538. The molecule has 0 spiro atoms. The van der Waals surface area contributed by atoms with Crippen molar-refractivity contribution in [1.82, 2.24) is 4.90 Å². The van der Waals surface area contributed by atoms with E-state index in [9.17, 15) is 10.1 Å². The normalized spacial score (nSPS) is 17.6. The van der Waals surface area contributed by atoms with Gasteiger partial charge < -0.3 is 10.2 Å². The van der Waals surface area contributed by atoms with Gasteiger partial charge in [-0.3, -0.25) is 10.1 Å². The molecule has 0 amide bonds. The number of piperidine rings is 1. The predicted octanol–water partition coefficient (Wildman–Crippen LogP) is 2.35. The Kier molecular flexibility index (Phi) is 4.15. The summed E-state index contributed by atoms with van der Waals surface area (Å²) < 4.78 is 0. The van der Waals surface area contributed by atoms with Crippen LogP contribution in [0, 0.1) is 16.0 Å². The Hall–Kier alpha value is -1.62. The molecule has 0 atom stereocenters. The van der Waals surface area contributed by atoms with Crippen LogP contribution in [0.4, 0.5) is 11.4 Å². The van der Waals surface area contributed by atoms with Gasteiger partial charge in [0.2, 0.25) is 0 Å². The maximum Gasteiger partial charge on any atom is 0.292 e. The summed E-state index contributed by atoms with van der Waals surface area (Å²) in [7, 11) is 2.13. The Morgan fingerprint density at radius 1 is 1.39 bits per heavy atom. The molecule has 18 heavy (non-hydrogen) atoms. The maximum absolute atomic E-state index is 10.9. The smallest absolute Gasteiger partial charge is 0.292 e. The first kappa shape index (κ1) is 12.8. The number of rotatable bonds is 4. The molecule has 98 valence electrons. The molecular weight excluding hydrogens is 230 g/mol. The van der Waals surface area contributed by atoms with Gasteiger partial charge in [-0.05, 0) is 45.0 Å². The van der Waals surface area contributed by atoms with Crippen LogP contribution < -0.4 is 5.32 Å². The molecule has 1 aliphatic rings. The van der Waals surface area contributed by atoms with E-state index >= 15 is 0 Å². The molecule has 1 saturated heterocycles. The highest BCUT2D eigenvalue weighted by Gasteiger charge is 2.18. The van der Waals surface area contributed by atoms with Gasteiger partial charge in [0.25, 0.3) is 5.69 Å². The molecular formula is C13H19N3O2. The molecule has 0 aliphatic carbocycles. The number of nitro groups is 1. The molecule has 1 fully saturated rings. The third-order valence-corrected chi connectivity index (χ3v) is 3.52. The van der Waals surface area contributed by atoms with E-state index in [2.05, 4.69) is 17.3 Å². The van der Waals surface area contributed by atoms with Crippen molar-refractivity contribution in [2.45, 2.75) is 12.8 Å². The first-order valence-corrected chi connectivity index (χ1v) is 6.32. The lowest BCUT2D eigenvalue weighted by Crippen LogP contribution is -2.33. The molecule has 1 aliphatic heterocycles. The SMILES string of the molecule is CN1CCC(CNc2ccccc2[N+](=O)[O-])CC1. The van der Waals surface area contributed by atoms with Crippen molar-refractivity contribution >= 4 is 11.4 Å². The van der Waals surface area contributed by atoms with Gasteiger partial charge in [0, 0.05) is 12.6 Å². The van der Waals surface area contributed by atoms with E-state index in [0.29, 0.717) is 11.6 Å². The molecule has 1 aromatic rings. The molecule has 0 radical (unpaired) electrons. The number of nitrogens with zero attached hydrogens (tertiary/aromatic N) is 2. The van der Waals surface area contributed by atoms with Crippen LogP contribution in [-0.4, -0.2) is 36.5 Å². The molecule has 0 unspecified atom stereocenters. The van der Waals surface area contributed by atoms with Gasteiger partial charge in [0.1, 0.15) is 5.69 Å². The second-order valence-corrected chi connectivity index (χ2v) is 4.90. The minimum absolute atomic E-state index is 0.158. The lowest BCUT2D eigenvalue weighted by molar-refractivity contribution is -0.384. The van der Waals surface area contributed by atoms with Crippen molar-refractivity contribution in [2.24, 2.45) is 5.92 Å². The average Bonchev–Trinajstić information content (AvgIpc) is 2.38. The summed E-state index contributed by atoms with van der Waals surface area (Å²) in [6.45, 7) is 3.05.